The minimum absolute atomic E-state index is 0.193. The van der Waals surface area contributed by atoms with Crippen molar-refractivity contribution in [3.8, 4) is 40.2 Å². The lowest BCUT2D eigenvalue weighted by atomic mass is 9.99. The van der Waals surface area contributed by atoms with Crippen LogP contribution in [0.15, 0.2) is 48.5 Å². The zero-order valence-electron chi connectivity index (χ0n) is 30.0. The Labute approximate surface area is 290 Å². The highest BCUT2D eigenvalue weighted by molar-refractivity contribution is 5.99. The van der Waals surface area contributed by atoms with Crippen molar-refractivity contribution < 1.29 is 28.5 Å². The SMILES string of the molecule is CCCCOC(=O)c1c(OCCCC)nc(-c2ccc3c(c2)cc(-c2ccc(C#N)cc2)n3C(=O)OC(C)(C)C)c(CC)c1OCCCC. The van der Waals surface area contributed by atoms with Gasteiger partial charge >= 0.3 is 12.1 Å². The van der Waals surface area contributed by atoms with Gasteiger partial charge in [-0.05, 0) is 82.3 Å². The van der Waals surface area contributed by atoms with E-state index in [-0.39, 0.29) is 11.4 Å². The molecule has 0 aliphatic rings. The molecule has 2 heterocycles. The monoisotopic (exact) mass is 667 g/mol. The summed E-state index contributed by atoms with van der Waals surface area (Å²) in [6.45, 7) is 14.8. The van der Waals surface area contributed by atoms with E-state index >= 15 is 0 Å². The number of ether oxygens (including phenoxy) is 4. The van der Waals surface area contributed by atoms with Crippen molar-refractivity contribution in [1.82, 2.24) is 9.55 Å². The number of nitriles is 1. The van der Waals surface area contributed by atoms with Crippen molar-refractivity contribution >= 4 is 23.0 Å². The first kappa shape index (κ1) is 37.0. The summed E-state index contributed by atoms with van der Waals surface area (Å²) in [6, 6.07) is 17.0. The van der Waals surface area contributed by atoms with Crippen molar-refractivity contribution in [1.29, 1.82) is 5.26 Å². The molecule has 0 bridgehead atoms. The Morgan fingerprint density at radius 3 is 2.08 bits per heavy atom. The lowest BCUT2D eigenvalue weighted by Crippen LogP contribution is -2.27. The summed E-state index contributed by atoms with van der Waals surface area (Å²) in [6.07, 6.45) is 5.15. The van der Waals surface area contributed by atoms with Crippen LogP contribution < -0.4 is 9.47 Å². The predicted octanol–water partition coefficient (Wildman–Crippen LogP) is 9.90. The topological polar surface area (TPSA) is 113 Å². The van der Waals surface area contributed by atoms with E-state index in [0.717, 1.165) is 60.6 Å². The molecular formula is C40H49N3O6. The van der Waals surface area contributed by atoms with E-state index in [4.69, 9.17) is 23.9 Å². The highest BCUT2D eigenvalue weighted by Crippen LogP contribution is 2.40. The quantitative estimate of drug-likeness (QED) is 0.0909. The first-order chi connectivity index (χ1) is 23.6. The van der Waals surface area contributed by atoms with Gasteiger partial charge in [-0.2, -0.15) is 5.26 Å². The number of esters is 1. The average Bonchev–Trinajstić information content (AvgIpc) is 3.46. The van der Waals surface area contributed by atoms with Crippen molar-refractivity contribution in [3.05, 3.63) is 65.2 Å². The molecule has 0 saturated carbocycles. The van der Waals surface area contributed by atoms with Crippen LogP contribution in [0.1, 0.15) is 108 Å². The second kappa shape index (κ2) is 17.0. The van der Waals surface area contributed by atoms with Gasteiger partial charge < -0.3 is 18.9 Å². The highest BCUT2D eigenvalue weighted by atomic mass is 16.6. The molecule has 0 N–H and O–H groups in total. The summed E-state index contributed by atoms with van der Waals surface area (Å²) >= 11 is 0. The van der Waals surface area contributed by atoms with Crippen LogP contribution in [0.4, 0.5) is 4.79 Å². The largest absolute Gasteiger partial charge is 0.492 e. The molecule has 2 aromatic heterocycles. The fourth-order valence-corrected chi connectivity index (χ4v) is 5.40. The maximum Gasteiger partial charge on any atom is 0.419 e. The number of aromatic nitrogens is 2. The van der Waals surface area contributed by atoms with E-state index in [9.17, 15) is 14.9 Å². The van der Waals surface area contributed by atoms with Crippen molar-refractivity contribution in [2.45, 2.75) is 99.0 Å². The number of hydrogen-bond acceptors (Lipinski definition) is 8. The Hall–Kier alpha value is -4.84. The molecule has 0 amide bonds. The average molecular weight is 668 g/mol. The summed E-state index contributed by atoms with van der Waals surface area (Å²) in [4.78, 5) is 32.2. The molecule has 9 heteroatoms. The highest BCUT2D eigenvalue weighted by Gasteiger charge is 2.29. The maximum atomic E-state index is 13.6. The van der Waals surface area contributed by atoms with E-state index < -0.39 is 17.7 Å². The molecule has 0 aliphatic heterocycles. The van der Waals surface area contributed by atoms with Crippen LogP contribution in [0.2, 0.25) is 0 Å². The number of benzene rings is 2. The van der Waals surface area contributed by atoms with Crippen LogP contribution in [0.3, 0.4) is 0 Å². The van der Waals surface area contributed by atoms with Crippen molar-refractivity contribution in [2.75, 3.05) is 19.8 Å². The Balaban J connectivity index is 1.95. The Kier molecular flexibility index (Phi) is 12.8. The van der Waals surface area contributed by atoms with Gasteiger partial charge in [-0.3, -0.25) is 0 Å². The van der Waals surface area contributed by atoms with Crippen molar-refractivity contribution in [3.63, 3.8) is 0 Å². The smallest absolute Gasteiger partial charge is 0.419 e. The van der Waals surface area contributed by atoms with Crippen molar-refractivity contribution in [2.24, 2.45) is 0 Å². The number of fused-ring (bicyclic) bond motifs is 1. The summed E-state index contributed by atoms with van der Waals surface area (Å²) in [7, 11) is 0. The third-order valence-corrected chi connectivity index (χ3v) is 7.94. The molecule has 0 radical (unpaired) electrons. The molecule has 49 heavy (non-hydrogen) atoms. The standard InChI is InChI=1S/C40H49N3O6/c1-8-12-21-46-36-31(11-4)35(42-37(47-22-13-9-2)34(36)38(44)48-23-14-10-3)29-19-20-32-30(24-29)25-33(28-17-15-27(26-41)16-18-28)43(32)39(45)49-40(5,6)7/h15-20,24-25H,8-14,21-23H2,1-7H3. The van der Waals surface area contributed by atoms with E-state index in [1.165, 1.54) is 0 Å². The lowest BCUT2D eigenvalue weighted by Gasteiger charge is -2.21. The number of unbranched alkanes of at least 4 members (excludes halogenated alkanes) is 3. The Bertz CT molecular complexity index is 1790. The molecule has 0 saturated heterocycles. The number of pyridine rings is 1. The van der Waals surface area contributed by atoms with Gasteiger partial charge in [0.1, 0.15) is 11.4 Å². The van der Waals surface area contributed by atoms with Crippen LogP contribution in [-0.2, 0) is 15.9 Å². The van der Waals surface area contributed by atoms with Gasteiger partial charge in [-0.25, -0.2) is 19.1 Å². The fraction of sp³-hybridized carbons (Fsp3) is 0.450. The first-order valence-corrected chi connectivity index (χ1v) is 17.5. The van der Waals surface area contributed by atoms with Crippen LogP contribution in [0, 0.1) is 11.3 Å². The van der Waals surface area contributed by atoms with Crippen LogP contribution in [0.25, 0.3) is 33.4 Å². The third-order valence-electron chi connectivity index (χ3n) is 7.94. The zero-order valence-corrected chi connectivity index (χ0v) is 30.0. The van der Waals surface area contributed by atoms with Gasteiger partial charge in [0.25, 0.3) is 0 Å². The van der Waals surface area contributed by atoms with Gasteiger partial charge in [0.2, 0.25) is 5.88 Å². The normalized spacial score (nSPS) is 11.3. The number of rotatable bonds is 15. The van der Waals surface area contributed by atoms with E-state index in [0.29, 0.717) is 54.5 Å². The molecule has 0 fully saturated rings. The minimum Gasteiger partial charge on any atom is -0.492 e. The molecule has 4 aromatic rings. The van der Waals surface area contributed by atoms with E-state index in [2.05, 4.69) is 19.9 Å². The summed E-state index contributed by atoms with van der Waals surface area (Å²) in [5.41, 5.74) is 4.29. The zero-order chi connectivity index (χ0) is 35.6. The van der Waals surface area contributed by atoms with Gasteiger partial charge in [-0.15, -0.1) is 0 Å². The number of carbonyl (C=O) groups excluding carboxylic acids is 2. The van der Waals surface area contributed by atoms with Crippen LogP contribution in [0.5, 0.6) is 11.6 Å². The van der Waals surface area contributed by atoms with Crippen LogP contribution in [-0.4, -0.2) is 47.0 Å². The Morgan fingerprint density at radius 1 is 0.837 bits per heavy atom. The third kappa shape index (κ3) is 9.00. The van der Waals surface area contributed by atoms with E-state index in [1.807, 2.05) is 71.0 Å². The summed E-state index contributed by atoms with van der Waals surface area (Å²) in [5.74, 6) is 0.133. The Morgan fingerprint density at radius 2 is 1.47 bits per heavy atom. The molecule has 4 rings (SSSR count). The molecule has 0 atom stereocenters. The molecule has 260 valence electrons. The maximum absolute atomic E-state index is 13.6. The number of carbonyl (C=O) groups is 2. The summed E-state index contributed by atoms with van der Waals surface area (Å²) in [5, 5.41) is 10.1. The molecule has 0 spiro atoms. The van der Waals surface area contributed by atoms with Gasteiger partial charge in [0, 0.05) is 16.5 Å². The first-order valence-electron chi connectivity index (χ1n) is 17.5. The number of hydrogen-bond donors (Lipinski definition) is 0. The molecule has 9 nitrogen and oxygen atoms in total. The van der Waals surface area contributed by atoms with Crippen LogP contribution >= 0.6 is 0 Å². The fourth-order valence-electron chi connectivity index (χ4n) is 5.40. The minimum atomic E-state index is -0.711. The lowest BCUT2D eigenvalue weighted by molar-refractivity contribution is 0.0486. The molecule has 2 aromatic carbocycles. The summed E-state index contributed by atoms with van der Waals surface area (Å²) < 4.78 is 25.7. The second-order valence-electron chi connectivity index (χ2n) is 13.0. The van der Waals surface area contributed by atoms with Gasteiger partial charge in [0.15, 0.2) is 5.56 Å². The van der Waals surface area contributed by atoms with Gasteiger partial charge in [0.05, 0.1) is 48.4 Å². The predicted molar refractivity (Wildman–Crippen MR) is 192 cm³/mol. The second-order valence-corrected chi connectivity index (χ2v) is 13.0. The number of nitrogens with zero attached hydrogens (tertiary/aromatic N) is 3. The van der Waals surface area contributed by atoms with E-state index in [1.54, 1.807) is 16.7 Å². The molecular weight excluding hydrogens is 618 g/mol. The van der Waals surface area contributed by atoms with Gasteiger partial charge in [-0.1, -0.05) is 65.2 Å². The molecule has 0 unspecified atom stereocenters. The molecule has 0 aliphatic carbocycles.